The molecule has 5 nitrogen and oxygen atoms in total. The summed E-state index contributed by atoms with van der Waals surface area (Å²) in [4.78, 5) is 7.63. The minimum absolute atomic E-state index is 0.444. The minimum Gasteiger partial charge on any atom is -0.381 e. The Morgan fingerprint density at radius 3 is 2.79 bits per heavy atom. The average molecular weight is 392 g/mol. The summed E-state index contributed by atoms with van der Waals surface area (Å²) < 4.78 is 8.41. The Morgan fingerprint density at radius 2 is 2.16 bits per heavy atom. The number of aromatic nitrogens is 3. The van der Waals surface area contributed by atoms with E-state index >= 15 is 0 Å². The first-order valence-electron chi connectivity index (χ1n) is 6.44. The van der Waals surface area contributed by atoms with E-state index in [1.807, 2.05) is 17.8 Å². The molecule has 0 atom stereocenters. The first-order valence-corrected chi connectivity index (χ1v) is 8.34. The highest BCUT2D eigenvalue weighted by Gasteiger charge is 2.25. The van der Waals surface area contributed by atoms with Crippen molar-refractivity contribution in [3.05, 3.63) is 9.90 Å². The van der Waals surface area contributed by atoms with Crippen molar-refractivity contribution in [1.82, 2.24) is 14.6 Å². The Bertz CT molecular complexity index is 561. The predicted octanol–water partition coefficient (Wildman–Crippen LogP) is 2.79. The van der Waals surface area contributed by atoms with E-state index in [0.717, 1.165) is 26.6 Å². The molecule has 0 radical (unpaired) electrons. The molecule has 0 spiro atoms. The van der Waals surface area contributed by atoms with Gasteiger partial charge in [0.25, 0.3) is 0 Å². The molecular formula is C12H17IN4OS. The van der Waals surface area contributed by atoms with Gasteiger partial charge in [-0.3, -0.25) is 0 Å². The van der Waals surface area contributed by atoms with Gasteiger partial charge in [0.15, 0.2) is 0 Å². The van der Waals surface area contributed by atoms with Crippen LogP contribution in [0.2, 0.25) is 0 Å². The Hall–Kier alpha value is -0.410. The molecule has 2 aromatic heterocycles. The second kappa shape index (κ2) is 5.53. The van der Waals surface area contributed by atoms with Crippen LogP contribution in [0, 0.1) is 3.70 Å². The Morgan fingerprint density at radius 1 is 1.42 bits per heavy atom. The molecule has 0 N–H and O–H groups in total. The van der Waals surface area contributed by atoms with E-state index in [2.05, 4.69) is 44.6 Å². The minimum atomic E-state index is 0.444. The van der Waals surface area contributed by atoms with Gasteiger partial charge in [0, 0.05) is 20.2 Å². The SMILES string of the molecule is COC1CCC(N(C)c2nn3c(I)cnc3s2)CC1. The monoisotopic (exact) mass is 392 g/mol. The molecule has 7 heteroatoms. The summed E-state index contributed by atoms with van der Waals surface area (Å²) in [5.41, 5.74) is 0. The van der Waals surface area contributed by atoms with E-state index in [1.165, 1.54) is 12.8 Å². The van der Waals surface area contributed by atoms with Crippen LogP contribution in [-0.4, -0.2) is 40.9 Å². The van der Waals surface area contributed by atoms with Crippen molar-refractivity contribution < 1.29 is 4.74 Å². The lowest BCUT2D eigenvalue weighted by atomic mass is 9.92. The van der Waals surface area contributed by atoms with E-state index in [0.29, 0.717) is 12.1 Å². The van der Waals surface area contributed by atoms with Gasteiger partial charge in [-0.15, -0.1) is 5.10 Å². The normalized spacial score (nSPS) is 23.9. The second-order valence-electron chi connectivity index (χ2n) is 4.94. The Labute approximate surface area is 130 Å². The first-order chi connectivity index (χ1) is 9.19. The van der Waals surface area contributed by atoms with Gasteiger partial charge < -0.3 is 9.64 Å². The molecule has 2 heterocycles. The molecule has 104 valence electrons. The standard InChI is InChI=1S/C12H17IN4OS/c1-16(8-3-5-9(18-2)6-4-8)12-15-17-10(13)7-14-11(17)19-12/h7-9H,3-6H2,1-2H3. The molecule has 1 saturated carbocycles. The van der Waals surface area contributed by atoms with Gasteiger partial charge in [0.05, 0.1) is 12.3 Å². The fourth-order valence-corrected chi connectivity index (χ4v) is 4.17. The highest BCUT2D eigenvalue weighted by atomic mass is 127. The zero-order chi connectivity index (χ0) is 13.4. The molecule has 2 aromatic rings. The average Bonchev–Trinajstić information content (AvgIpc) is 3.01. The van der Waals surface area contributed by atoms with Crippen molar-refractivity contribution >= 4 is 44.0 Å². The van der Waals surface area contributed by atoms with Crippen molar-refractivity contribution in [3.8, 4) is 0 Å². The van der Waals surface area contributed by atoms with E-state index in [9.17, 15) is 0 Å². The smallest absolute Gasteiger partial charge is 0.214 e. The van der Waals surface area contributed by atoms with Crippen molar-refractivity contribution in [2.24, 2.45) is 0 Å². The number of ether oxygens (including phenoxy) is 1. The van der Waals surface area contributed by atoms with Gasteiger partial charge in [0.2, 0.25) is 10.1 Å². The lowest BCUT2D eigenvalue weighted by Gasteiger charge is -2.33. The molecule has 0 aliphatic heterocycles. The summed E-state index contributed by atoms with van der Waals surface area (Å²) in [6.07, 6.45) is 6.94. The summed E-state index contributed by atoms with van der Waals surface area (Å²) in [6, 6.07) is 0.569. The fraction of sp³-hybridized carbons (Fsp3) is 0.667. The van der Waals surface area contributed by atoms with Gasteiger partial charge >= 0.3 is 0 Å². The maximum atomic E-state index is 5.43. The molecule has 3 rings (SSSR count). The molecule has 0 aromatic carbocycles. The lowest BCUT2D eigenvalue weighted by molar-refractivity contribution is 0.0660. The van der Waals surface area contributed by atoms with Gasteiger partial charge in [-0.25, -0.2) is 4.98 Å². The zero-order valence-electron chi connectivity index (χ0n) is 11.0. The Balaban J connectivity index is 1.74. The summed E-state index contributed by atoms with van der Waals surface area (Å²) in [7, 11) is 3.95. The molecule has 1 aliphatic rings. The third kappa shape index (κ3) is 2.59. The van der Waals surface area contributed by atoms with Crippen LogP contribution < -0.4 is 4.90 Å². The summed E-state index contributed by atoms with van der Waals surface area (Å²) in [6.45, 7) is 0. The van der Waals surface area contributed by atoms with Gasteiger partial charge in [0.1, 0.15) is 3.70 Å². The molecule has 0 unspecified atom stereocenters. The van der Waals surface area contributed by atoms with Crippen LogP contribution >= 0.6 is 33.9 Å². The molecule has 0 amide bonds. The van der Waals surface area contributed by atoms with Crippen LogP contribution in [0.3, 0.4) is 0 Å². The third-order valence-electron chi connectivity index (χ3n) is 3.86. The second-order valence-corrected chi connectivity index (χ2v) is 6.98. The number of halogens is 1. The maximum absolute atomic E-state index is 5.43. The highest BCUT2D eigenvalue weighted by molar-refractivity contribution is 14.1. The molecule has 0 bridgehead atoms. The van der Waals surface area contributed by atoms with E-state index in [-0.39, 0.29) is 0 Å². The van der Waals surface area contributed by atoms with Gasteiger partial charge in [-0.05, 0) is 48.3 Å². The number of hydrogen-bond acceptors (Lipinski definition) is 5. The number of anilines is 1. The number of rotatable bonds is 3. The van der Waals surface area contributed by atoms with Crippen LogP contribution in [-0.2, 0) is 4.74 Å². The zero-order valence-corrected chi connectivity index (χ0v) is 14.0. The number of hydrogen-bond donors (Lipinski definition) is 0. The summed E-state index contributed by atoms with van der Waals surface area (Å²) >= 11 is 3.92. The molecule has 0 saturated heterocycles. The quantitative estimate of drug-likeness (QED) is 0.754. The van der Waals surface area contributed by atoms with E-state index in [1.54, 1.807) is 11.3 Å². The van der Waals surface area contributed by atoms with Crippen LogP contribution in [0.5, 0.6) is 0 Å². The van der Waals surface area contributed by atoms with Crippen molar-refractivity contribution in [1.29, 1.82) is 0 Å². The molecule has 19 heavy (non-hydrogen) atoms. The van der Waals surface area contributed by atoms with Gasteiger partial charge in [-0.1, -0.05) is 11.3 Å². The number of methoxy groups -OCH3 is 1. The number of fused-ring (bicyclic) bond motifs is 1. The highest BCUT2D eigenvalue weighted by Crippen LogP contribution is 2.30. The largest absolute Gasteiger partial charge is 0.381 e. The van der Waals surface area contributed by atoms with Crippen molar-refractivity contribution in [3.63, 3.8) is 0 Å². The molecule has 1 fully saturated rings. The summed E-state index contributed by atoms with van der Waals surface area (Å²) in [5, 5.41) is 5.70. The Kier molecular flexibility index (Phi) is 3.95. The van der Waals surface area contributed by atoms with E-state index < -0.39 is 0 Å². The van der Waals surface area contributed by atoms with Gasteiger partial charge in [-0.2, -0.15) is 4.52 Å². The molecular weight excluding hydrogens is 375 g/mol. The van der Waals surface area contributed by atoms with Crippen LogP contribution in [0.1, 0.15) is 25.7 Å². The van der Waals surface area contributed by atoms with Crippen LogP contribution in [0.15, 0.2) is 6.20 Å². The van der Waals surface area contributed by atoms with Crippen molar-refractivity contribution in [2.75, 3.05) is 19.1 Å². The van der Waals surface area contributed by atoms with E-state index in [4.69, 9.17) is 4.74 Å². The maximum Gasteiger partial charge on any atom is 0.214 e. The van der Waals surface area contributed by atoms with Crippen LogP contribution in [0.25, 0.3) is 4.96 Å². The summed E-state index contributed by atoms with van der Waals surface area (Å²) in [5.74, 6) is 0. The number of imidazole rings is 1. The molecule has 1 aliphatic carbocycles. The third-order valence-corrected chi connectivity index (χ3v) is 5.61. The topological polar surface area (TPSA) is 42.7 Å². The lowest BCUT2D eigenvalue weighted by Crippen LogP contribution is -2.36. The van der Waals surface area contributed by atoms with Crippen LogP contribution in [0.4, 0.5) is 5.13 Å². The van der Waals surface area contributed by atoms with Crippen molar-refractivity contribution in [2.45, 2.75) is 37.8 Å². The fourth-order valence-electron chi connectivity index (χ4n) is 2.62. The first kappa shape index (κ1) is 13.6. The number of nitrogens with zero attached hydrogens (tertiary/aromatic N) is 4. The predicted molar refractivity (Wildman–Crippen MR) is 85.0 cm³/mol.